The van der Waals surface area contributed by atoms with Gasteiger partial charge in [-0.1, -0.05) is 17.3 Å². The summed E-state index contributed by atoms with van der Waals surface area (Å²) in [6.45, 7) is 1.88. The normalized spacial score (nSPS) is 10.3. The Morgan fingerprint density at radius 1 is 1.44 bits per heavy atom. The summed E-state index contributed by atoms with van der Waals surface area (Å²) in [6.07, 6.45) is 1.84. The first-order valence-corrected chi connectivity index (χ1v) is 4.99. The minimum Gasteiger partial charge on any atom is -0.397 e. The fourth-order valence-corrected chi connectivity index (χ4v) is 1.58. The molecule has 5 heteroatoms. The molecule has 0 saturated carbocycles. The van der Waals surface area contributed by atoms with Crippen molar-refractivity contribution in [2.75, 3.05) is 5.73 Å². The highest BCUT2D eigenvalue weighted by Gasteiger charge is 2.11. The Balaban J connectivity index is 2.56. The first-order valence-electron chi connectivity index (χ1n) is 4.99. The molecule has 0 saturated heterocycles. The lowest BCUT2D eigenvalue weighted by Crippen LogP contribution is -2.06. The fraction of sp³-hybridized carbons (Fsp3) is 0.182. The highest BCUT2D eigenvalue weighted by Crippen LogP contribution is 2.18. The molecule has 0 unspecified atom stereocenters. The summed E-state index contributed by atoms with van der Waals surface area (Å²) in [7, 11) is 0. The zero-order chi connectivity index (χ0) is 11.5. The molecule has 2 aromatic rings. The van der Waals surface area contributed by atoms with Crippen molar-refractivity contribution < 1.29 is 0 Å². The predicted octanol–water partition coefficient (Wildman–Crippen LogP) is 1.35. The van der Waals surface area contributed by atoms with Gasteiger partial charge in [-0.2, -0.15) is 0 Å². The van der Waals surface area contributed by atoms with Crippen LogP contribution in [0.2, 0.25) is 0 Å². The molecule has 82 valence electrons. The molecule has 0 radical (unpaired) electrons. The summed E-state index contributed by atoms with van der Waals surface area (Å²) in [4.78, 5) is 0. The van der Waals surface area contributed by atoms with Crippen LogP contribution in [0, 0.1) is 12.3 Å². The number of nitrogen functional groups attached to an aromatic ring is 1. The van der Waals surface area contributed by atoms with Gasteiger partial charge in [-0.3, -0.25) is 0 Å². The van der Waals surface area contributed by atoms with Crippen LogP contribution >= 0.6 is 0 Å². The number of anilines is 1. The Morgan fingerprint density at radius 2 is 2.19 bits per heavy atom. The van der Waals surface area contributed by atoms with Crippen LogP contribution in [-0.2, 0) is 6.42 Å². The van der Waals surface area contributed by atoms with Crippen LogP contribution in [0.1, 0.15) is 11.4 Å². The monoisotopic (exact) mass is 215 g/mol. The van der Waals surface area contributed by atoms with Gasteiger partial charge in [-0.25, -0.2) is 4.68 Å². The van der Waals surface area contributed by atoms with Crippen molar-refractivity contribution in [1.82, 2.24) is 15.0 Å². The van der Waals surface area contributed by atoms with Crippen LogP contribution < -0.4 is 5.73 Å². The Bertz CT molecular complexity index is 515. The van der Waals surface area contributed by atoms with Crippen LogP contribution in [0.4, 0.5) is 5.69 Å². The number of rotatable bonds is 3. The molecular formula is C11H13N5. The van der Waals surface area contributed by atoms with Crippen LogP contribution in [0.5, 0.6) is 0 Å². The van der Waals surface area contributed by atoms with E-state index in [-0.39, 0.29) is 0 Å². The van der Waals surface area contributed by atoms with E-state index in [1.54, 1.807) is 4.68 Å². The Kier molecular flexibility index (Phi) is 2.68. The van der Waals surface area contributed by atoms with Crippen molar-refractivity contribution in [2.24, 2.45) is 0 Å². The lowest BCUT2D eigenvalue weighted by atomic mass is 10.2. The number of nitrogens with zero attached hydrogens (tertiary/aromatic N) is 3. The maximum Gasteiger partial charge on any atom is 0.0896 e. The number of nitrogens with one attached hydrogen (secondary N) is 1. The molecule has 0 aliphatic heterocycles. The van der Waals surface area contributed by atoms with Crippen LogP contribution in [0.15, 0.2) is 24.3 Å². The summed E-state index contributed by atoms with van der Waals surface area (Å²) in [6, 6.07) is 7.48. The molecule has 5 nitrogen and oxygen atoms in total. The van der Waals surface area contributed by atoms with Crippen molar-refractivity contribution in [3.63, 3.8) is 0 Å². The van der Waals surface area contributed by atoms with Gasteiger partial charge in [0.1, 0.15) is 0 Å². The summed E-state index contributed by atoms with van der Waals surface area (Å²) in [5.74, 6) is 0. The van der Waals surface area contributed by atoms with Gasteiger partial charge in [0.15, 0.2) is 0 Å². The highest BCUT2D eigenvalue weighted by atomic mass is 15.4. The van der Waals surface area contributed by atoms with Gasteiger partial charge in [-0.15, -0.1) is 5.10 Å². The summed E-state index contributed by atoms with van der Waals surface area (Å²) >= 11 is 0. The van der Waals surface area contributed by atoms with Gasteiger partial charge in [-0.05, 0) is 19.1 Å². The van der Waals surface area contributed by atoms with Crippen molar-refractivity contribution in [3.8, 4) is 5.69 Å². The van der Waals surface area contributed by atoms with E-state index in [0.717, 1.165) is 17.1 Å². The number of benzene rings is 1. The minimum absolute atomic E-state index is 0.507. The van der Waals surface area contributed by atoms with Gasteiger partial charge < -0.3 is 11.1 Å². The zero-order valence-corrected chi connectivity index (χ0v) is 9.01. The maximum atomic E-state index is 7.16. The molecule has 1 aromatic carbocycles. The van der Waals surface area contributed by atoms with E-state index in [1.807, 2.05) is 31.2 Å². The van der Waals surface area contributed by atoms with Crippen molar-refractivity contribution in [1.29, 1.82) is 5.41 Å². The molecule has 3 N–H and O–H groups in total. The number of aromatic nitrogens is 3. The zero-order valence-electron chi connectivity index (χ0n) is 9.01. The van der Waals surface area contributed by atoms with E-state index in [1.165, 1.54) is 6.21 Å². The first kappa shape index (κ1) is 10.4. The highest BCUT2D eigenvalue weighted by molar-refractivity contribution is 5.61. The third-order valence-electron chi connectivity index (χ3n) is 2.42. The van der Waals surface area contributed by atoms with E-state index < -0.39 is 0 Å². The smallest absolute Gasteiger partial charge is 0.0896 e. The Morgan fingerprint density at radius 3 is 2.88 bits per heavy atom. The number of nitrogens with two attached hydrogens (primary N) is 1. The lowest BCUT2D eigenvalue weighted by Gasteiger charge is -2.07. The number of hydrogen-bond acceptors (Lipinski definition) is 4. The third kappa shape index (κ3) is 1.67. The van der Waals surface area contributed by atoms with Crippen molar-refractivity contribution >= 4 is 11.9 Å². The van der Waals surface area contributed by atoms with Crippen molar-refractivity contribution in [3.05, 3.63) is 35.7 Å². The van der Waals surface area contributed by atoms with Crippen LogP contribution in [0.25, 0.3) is 5.69 Å². The van der Waals surface area contributed by atoms with E-state index in [0.29, 0.717) is 12.1 Å². The molecule has 0 bridgehead atoms. The molecule has 0 spiro atoms. The second-order valence-corrected chi connectivity index (χ2v) is 3.50. The van der Waals surface area contributed by atoms with E-state index in [4.69, 9.17) is 11.1 Å². The standard InChI is InChI=1S/C11H13N5/c1-8-10(6-7-12)16(15-14-8)11-5-3-2-4-9(11)13/h2-5,7,12H,6,13H2,1H3. The average molecular weight is 215 g/mol. The molecule has 16 heavy (non-hydrogen) atoms. The number of hydrogen-bond donors (Lipinski definition) is 2. The second-order valence-electron chi connectivity index (χ2n) is 3.50. The predicted molar refractivity (Wildman–Crippen MR) is 63.0 cm³/mol. The molecule has 0 aliphatic rings. The quantitative estimate of drug-likeness (QED) is 0.599. The topological polar surface area (TPSA) is 80.6 Å². The first-order chi connectivity index (χ1) is 7.74. The Hall–Kier alpha value is -2.17. The van der Waals surface area contributed by atoms with E-state index in [2.05, 4.69) is 10.3 Å². The maximum absolute atomic E-state index is 7.16. The second kappa shape index (κ2) is 4.14. The SMILES string of the molecule is Cc1nnn(-c2ccccc2N)c1CC=N. The summed E-state index contributed by atoms with van der Waals surface area (Å²) in [5, 5.41) is 15.2. The van der Waals surface area contributed by atoms with Gasteiger partial charge in [0.05, 0.1) is 22.8 Å². The molecule has 2 rings (SSSR count). The van der Waals surface area contributed by atoms with Gasteiger partial charge in [0.2, 0.25) is 0 Å². The van der Waals surface area contributed by atoms with Crippen molar-refractivity contribution in [2.45, 2.75) is 13.3 Å². The third-order valence-corrected chi connectivity index (χ3v) is 2.42. The summed E-state index contributed by atoms with van der Waals surface area (Å²) < 4.78 is 1.69. The largest absolute Gasteiger partial charge is 0.397 e. The fourth-order valence-electron chi connectivity index (χ4n) is 1.58. The molecule has 0 atom stereocenters. The van der Waals surface area contributed by atoms with E-state index >= 15 is 0 Å². The molecule has 1 aromatic heterocycles. The summed E-state index contributed by atoms with van der Waals surface area (Å²) in [5.41, 5.74) is 9.06. The Labute approximate surface area is 93.4 Å². The molecule has 1 heterocycles. The molecule has 0 fully saturated rings. The van der Waals surface area contributed by atoms with Crippen LogP contribution in [0.3, 0.4) is 0 Å². The lowest BCUT2D eigenvalue weighted by molar-refractivity contribution is 0.781. The molecule has 0 aliphatic carbocycles. The number of para-hydroxylation sites is 2. The molecule has 0 amide bonds. The van der Waals surface area contributed by atoms with Gasteiger partial charge in [0.25, 0.3) is 0 Å². The van der Waals surface area contributed by atoms with Crippen LogP contribution in [-0.4, -0.2) is 21.2 Å². The minimum atomic E-state index is 0.507. The average Bonchev–Trinajstić information content (AvgIpc) is 2.62. The van der Waals surface area contributed by atoms with Gasteiger partial charge in [0, 0.05) is 12.6 Å². The molecular weight excluding hydrogens is 202 g/mol. The van der Waals surface area contributed by atoms with Gasteiger partial charge >= 0.3 is 0 Å². The number of aryl methyl sites for hydroxylation is 1. The van der Waals surface area contributed by atoms with E-state index in [9.17, 15) is 0 Å².